The minimum absolute atomic E-state index is 0. The second-order valence-electron chi connectivity index (χ2n) is 5.50. The van der Waals surface area contributed by atoms with Gasteiger partial charge in [0.1, 0.15) is 0 Å². The van der Waals surface area contributed by atoms with Crippen molar-refractivity contribution in [2.45, 2.75) is 37.1 Å². The summed E-state index contributed by atoms with van der Waals surface area (Å²) in [5.41, 5.74) is 1.85. The van der Waals surface area contributed by atoms with Crippen molar-refractivity contribution in [1.82, 2.24) is 4.90 Å². The first kappa shape index (κ1) is 17.8. The molecule has 0 amide bonds. The summed E-state index contributed by atoms with van der Waals surface area (Å²) in [6.07, 6.45) is 3.42. The highest BCUT2D eigenvalue weighted by Gasteiger charge is 2.36. The van der Waals surface area contributed by atoms with Gasteiger partial charge in [-0.25, -0.2) is 0 Å². The Morgan fingerprint density at radius 2 is 1.85 bits per heavy atom. The van der Waals surface area contributed by atoms with Crippen molar-refractivity contribution in [3.8, 4) is 0 Å². The van der Waals surface area contributed by atoms with Crippen LogP contribution in [-0.4, -0.2) is 37.2 Å². The van der Waals surface area contributed by atoms with E-state index in [1.165, 1.54) is 5.56 Å². The van der Waals surface area contributed by atoms with Gasteiger partial charge in [0.25, 0.3) is 0 Å². The third kappa shape index (κ3) is 4.11. The van der Waals surface area contributed by atoms with Gasteiger partial charge in [-0.2, -0.15) is 0 Å². The van der Waals surface area contributed by atoms with Gasteiger partial charge in [-0.05, 0) is 37.2 Å². The van der Waals surface area contributed by atoms with Crippen molar-refractivity contribution >= 4 is 24.0 Å². The van der Waals surface area contributed by atoms with Crippen LogP contribution < -0.4 is 0 Å². The lowest BCUT2D eigenvalue weighted by atomic mass is 9.70. The topological polar surface area (TPSA) is 12.5 Å². The van der Waals surface area contributed by atoms with Gasteiger partial charge in [0.2, 0.25) is 0 Å². The van der Waals surface area contributed by atoms with E-state index in [1.54, 1.807) is 7.11 Å². The minimum atomic E-state index is 0. The Balaban J connectivity index is 0.00000200. The second kappa shape index (κ2) is 8.23. The number of nitrogens with zero attached hydrogens (tertiary/aromatic N) is 1. The number of benzene rings is 1. The molecule has 0 saturated carbocycles. The maximum Gasteiger partial charge on any atom is 0.0821 e. The lowest BCUT2D eigenvalue weighted by molar-refractivity contribution is 0.109. The fourth-order valence-electron chi connectivity index (χ4n) is 3.08. The smallest absolute Gasteiger partial charge is 0.0821 e. The first-order valence-corrected chi connectivity index (χ1v) is 7.54. The van der Waals surface area contributed by atoms with Crippen molar-refractivity contribution in [3.63, 3.8) is 0 Å². The second-order valence-corrected chi connectivity index (χ2v) is 6.13. The highest BCUT2D eigenvalue weighted by atomic mass is 35.5. The van der Waals surface area contributed by atoms with E-state index >= 15 is 0 Å². The van der Waals surface area contributed by atoms with Crippen LogP contribution in [0.1, 0.15) is 31.7 Å². The number of hydrogen-bond acceptors (Lipinski definition) is 2. The SMILES string of the molecule is COCCC1(c2ccccc2)CCN(C(C)Cl)CC1.Cl. The van der Waals surface area contributed by atoms with Crippen LogP contribution in [0.3, 0.4) is 0 Å². The Morgan fingerprint density at radius 1 is 1.25 bits per heavy atom. The predicted molar refractivity (Wildman–Crippen MR) is 88.0 cm³/mol. The van der Waals surface area contributed by atoms with Crippen LogP contribution >= 0.6 is 24.0 Å². The molecule has 1 heterocycles. The Hall–Kier alpha value is -0.280. The summed E-state index contributed by atoms with van der Waals surface area (Å²) >= 11 is 6.20. The molecule has 0 radical (unpaired) electrons. The normalized spacial score (nSPS) is 20.1. The molecule has 1 aromatic rings. The van der Waals surface area contributed by atoms with Crippen LogP contribution in [0.25, 0.3) is 0 Å². The molecule has 0 aliphatic carbocycles. The van der Waals surface area contributed by atoms with E-state index in [0.29, 0.717) is 0 Å². The molecule has 0 bridgehead atoms. The molecule has 0 N–H and O–H groups in total. The summed E-state index contributed by atoms with van der Waals surface area (Å²) in [6, 6.07) is 10.9. The van der Waals surface area contributed by atoms with E-state index in [-0.39, 0.29) is 23.3 Å². The van der Waals surface area contributed by atoms with E-state index in [1.807, 2.05) is 0 Å². The summed E-state index contributed by atoms with van der Waals surface area (Å²) in [5.74, 6) is 0. The average molecular weight is 318 g/mol. The van der Waals surface area contributed by atoms with Gasteiger partial charge in [0.05, 0.1) is 5.50 Å². The molecule has 2 rings (SSSR count). The van der Waals surface area contributed by atoms with Crippen molar-refractivity contribution in [2.24, 2.45) is 0 Å². The van der Waals surface area contributed by atoms with Gasteiger partial charge >= 0.3 is 0 Å². The Bertz CT molecular complexity index is 375. The van der Waals surface area contributed by atoms with Crippen molar-refractivity contribution < 1.29 is 4.74 Å². The van der Waals surface area contributed by atoms with Gasteiger partial charge in [0.15, 0.2) is 0 Å². The molecule has 1 saturated heterocycles. The number of halogens is 2. The Morgan fingerprint density at radius 3 is 2.35 bits per heavy atom. The third-order valence-electron chi connectivity index (χ3n) is 4.43. The summed E-state index contributed by atoms with van der Waals surface area (Å²) in [6.45, 7) is 5.03. The van der Waals surface area contributed by atoms with E-state index in [0.717, 1.165) is 39.0 Å². The zero-order chi connectivity index (χ0) is 13.7. The van der Waals surface area contributed by atoms with Gasteiger partial charge in [-0.3, -0.25) is 4.90 Å². The zero-order valence-corrected chi connectivity index (χ0v) is 13.9. The zero-order valence-electron chi connectivity index (χ0n) is 12.3. The molecule has 1 aliphatic heterocycles. The lowest BCUT2D eigenvalue weighted by Gasteiger charge is -2.43. The predicted octanol–water partition coefficient (Wildman–Crippen LogP) is 4.06. The van der Waals surface area contributed by atoms with Crippen LogP contribution in [-0.2, 0) is 10.2 Å². The number of ether oxygens (including phenoxy) is 1. The summed E-state index contributed by atoms with van der Waals surface area (Å²) in [7, 11) is 1.79. The van der Waals surface area contributed by atoms with Crippen LogP contribution in [0.5, 0.6) is 0 Å². The van der Waals surface area contributed by atoms with E-state index < -0.39 is 0 Å². The number of likely N-dealkylation sites (tertiary alicyclic amines) is 1. The van der Waals surface area contributed by atoms with Crippen LogP contribution in [0, 0.1) is 0 Å². The minimum Gasteiger partial charge on any atom is -0.385 e. The Labute approximate surface area is 133 Å². The Kier molecular flexibility index (Phi) is 7.32. The number of piperidine rings is 1. The van der Waals surface area contributed by atoms with Gasteiger partial charge in [0, 0.05) is 26.8 Å². The molecule has 0 aromatic heterocycles. The molecule has 1 aliphatic rings. The maximum atomic E-state index is 6.20. The van der Waals surface area contributed by atoms with E-state index in [4.69, 9.17) is 16.3 Å². The van der Waals surface area contributed by atoms with Crippen molar-refractivity contribution in [2.75, 3.05) is 26.8 Å². The fraction of sp³-hybridized carbons (Fsp3) is 0.625. The van der Waals surface area contributed by atoms with E-state index in [9.17, 15) is 0 Å². The lowest BCUT2D eigenvalue weighted by Crippen LogP contribution is -2.45. The summed E-state index contributed by atoms with van der Waals surface area (Å²) in [5, 5.41) is 0. The third-order valence-corrected chi connectivity index (χ3v) is 4.71. The molecule has 114 valence electrons. The molecule has 4 heteroatoms. The standard InChI is InChI=1S/C16H24ClNO.ClH/c1-14(17)18-11-8-16(9-12-18,10-13-19-2)15-6-4-3-5-7-15;/h3-7,14H,8-13H2,1-2H3;1H. The highest BCUT2D eigenvalue weighted by Crippen LogP contribution is 2.39. The maximum absolute atomic E-state index is 6.20. The van der Waals surface area contributed by atoms with E-state index in [2.05, 4.69) is 42.2 Å². The first-order chi connectivity index (χ1) is 9.18. The van der Waals surface area contributed by atoms with Crippen molar-refractivity contribution in [1.29, 1.82) is 0 Å². The number of methoxy groups -OCH3 is 1. The molecule has 1 fully saturated rings. The largest absolute Gasteiger partial charge is 0.385 e. The van der Waals surface area contributed by atoms with Gasteiger partial charge in [-0.1, -0.05) is 30.3 Å². The summed E-state index contributed by atoms with van der Waals surface area (Å²) < 4.78 is 5.33. The summed E-state index contributed by atoms with van der Waals surface area (Å²) in [4.78, 5) is 2.36. The molecule has 0 spiro atoms. The monoisotopic (exact) mass is 317 g/mol. The number of hydrogen-bond donors (Lipinski definition) is 0. The number of rotatable bonds is 5. The molecular weight excluding hydrogens is 293 g/mol. The molecule has 1 unspecified atom stereocenters. The first-order valence-electron chi connectivity index (χ1n) is 7.10. The van der Waals surface area contributed by atoms with Crippen LogP contribution in [0.2, 0.25) is 0 Å². The van der Waals surface area contributed by atoms with Crippen molar-refractivity contribution in [3.05, 3.63) is 35.9 Å². The molecule has 1 atom stereocenters. The van der Waals surface area contributed by atoms with Crippen LogP contribution in [0.4, 0.5) is 0 Å². The highest BCUT2D eigenvalue weighted by molar-refractivity contribution is 6.20. The fourth-order valence-corrected chi connectivity index (χ4v) is 3.28. The molecule has 20 heavy (non-hydrogen) atoms. The van der Waals surface area contributed by atoms with Gasteiger partial charge < -0.3 is 4.74 Å². The number of alkyl halides is 1. The quantitative estimate of drug-likeness (QED) is 0.599. The molecule has 2 nitrogen and oxygen atoms in total. The van der Waals surface area contributed by atoms with Gasteiger partial charge in [-0.15, -0.1) is 24.0 Å². The molecule has 1 aromatic carbocycles. The average Bonchev–Trinajstić information content (AvgIpc) is 2.46. The van der Waals surface area contributed by atoms with Crippen LogP contribution in [0.15, 0.2) is 30.3 Å². The molecular formula is C16H25Cl2NO.